The van der Waals surface area contributed by atoms with Gasteiger partial charge in [-0.2, -0.15) is 0 Å². The first kappa shape index (κ1) is 21.8. The van der Waals surface area contributed by atoms with Crippen LogP contribution in [0.1, 0.15) is 42.5 Å². The number of carbonyl (C=O) groups excluding carboxylic acids is 2. The van der Waals surface area contributed by atoms with Crippen molar-refractivity contribution in [1.29, 1.82) is 0 Å². The molecule has 0 aliphatic carbocycles. The summed E-state index contributed by atoms with van der Waals surface area (Å²) in [5.41, 5.74) is 4.46. The highest BCUT2D eigenvalue weighted by molar-refractivity contribution is 5.88. The van der Waals surface area contributed by atoms with Gasteiger partial charge in [-0.05, 0) is 28.2 Å². The smallest absolute Gasteiger partial charge is 0.243 e. The summed E-state index contributed by atoms with van der Waals surface area (Å²) >= 11 is 0. The van der Waals surface area contributed by atoms with Crippen molar-refractivity contribution < 1.29 is 9.59 Å². The topological polar surface area (TPSA) is 67.2 Å². The lowest BCUT2D eigenvalue weighted by atomic mass is 9.92. The van der Waals surface area contributed by atoms with Gasteiger partial charge >= 0.3 is 0 Å². The molecule has 6 nitrogen and oxygen atoms in total. The molecule has 0 spiro atoms. The number of amides is 2. The van der Waals surface area contributed by atoms with Crippen molar-refractivity contribution in [2.75, 3.05) is 0 Å². The van der Waals surface area contributed by atoms with Gasteiger partial charge in [0.1, 0.15) is 6.04 Å². The Morgan fingerprint density at radius 2 is 1.78 bits per heavy atom. The molecule has 2 heterocycles. The number of imidazole rings is 1. The molecule has 2 aromatic carbocycles. The average Bonchev–Trinajstić information content (AvgIpc) is 3.30. The van der Waals surface area contributed by atoms with Crippen molar-refractivity contribution in [2.24, 2.45) is 5.92 Å². The monoisotopic (exact) mass is 430 g/mol. The first-order valence-electron chi connectivity index (χ1n) is 11.2. The summed E-state index contributed by atoms with van der Waals surface area (Å²) in [6.07, 6.45) is 6.45. The summed E-state index contributed by atoms with van der Waals surface area (Å²) in [5.74, 6) is 0.183. The van der Waals surface area contributed by atoms with Crippen LogP contribution in [0.15, 0.2) is 67.3 Å². The number of benzene rings is 2. The summed E-state index contributed by atoms with van der Waals surface area (Å²) in [4.78, 5) is 32.1. The van der Waals surface area contributed by atoms with E-state index < -0.39 is 6.04 Å². The third-order valence-electron chi connectivity index (χ3n) is 5.94. The Balaban J connectivity index is 1.49. The van der Waals surface area contributed by atoms with Crippen molar-refractivity contribution in [3.8, 4) is 0 Å². The zero-order chi connectivity index (χ0) is 22.5. The second-order valence-electron chi connectivity index (χ2n) is 8.83. The summed E-state index contributed by atoms with van der Waals surface area (Å²) in [7, 11) is 0. The van der Waals surface area contributed by atoms with Crippen molar-refractivity contribution >= 4 is 11.8 Å². The highest BCUT2D eigenvalue weighted by atomic mass is 16.2. The first-order chi connectivity index (χ1) is 15.5. The van der Waals surface area contributed by atoms with Gasteiger partial charge in [0.15, 0.2) is 0 Å². The maximum Gasteiger partial charge on any atom is 0.243 e. The molecule has 0 bridgehead atoms. The maximum absolute atomic E-state index is 13.3. The normalized spacial score (nSPS) is 15.5. The Bertz CT molecular complexity index is 1070. The van der Waals surface area contributed by atoms with Crippen molar-refractivity contribution in [1.82, 2.24) is 19.8 Å². The van der Waals surface area contributed by atoms with Gasteiger partial charge in [0.2, 0.25) is 11.8 Å². The predicted octanol–water partition coefficient (Wildman–Crippen LogP) is 3.55. The minimum Gasteiger partial charge on any atom is -0.350 e. The van der Waals surface area contributed by atoms with Crippen molar-refractivity contribution in [3.05, 3.63) is 89.5 Å². The van der Waals surface area contributed by atoms with Crippen LogP contribution < -0.4 is 5.32 Å². The van der Waals surface area contributed by atoms with Crippen molar-refractivity contribution in [2.45, 2.75) is 52.4 Å². The summed E-state index contributed by atoms with van der Waals surface area (Å²) in [6, 6.07) is 15.7. The SMILES string of the molecule is CC(C)CC(=O)N1Cc2ccccc2CC1C(=O)NCc1ccccc1Cn1ccnc1. The van der Waals surface area contributed by atoms with E-state index in [1.807, 2.05) is 61.0 Å². The molecule has 1 atom stereocenters. The number of rotatable bonds is 7. The molecule has 0 fully saturated rings. The number of carbonyl (C=O) groups is 2. The molecule has 0 radical (unpaired) electrons. The quantitative estimate of drug-likeness (QED) is 0.623. The lowest BCUT2D eigenvalue weighted by Crippen LogP contribution is -2.52. The predicted molar refractivity (Wildman–Crippen MR) is 124 cm³/mol. The fourth-order valence-electron chi connectivity index (χ4n) is 4.25. The molecule has 1 aliphatic heterocycles. The standard InChI is InChI=1S/C26H30N4O2/c1-19(2)13-25(31)30-17-23-10-5-3-7-20(23)14-24(30)26(32)28-15-21-8-4-6-9-22(21)16-29-12-11-27-18-29/h3-12,18-19,24H,13-17H2,1-2H3,(H,28,32). The van der Waals surface area contributed by atoms with E-state index in [0.717, 1.165) is 22.3 Å². The molecule has 1 aliphatic rings. The molecule has 6 heteroatoms. The molecule has 1 aromatic heterocycles. The fraction of sp³-hybridized carbons (Fsp3) is 0.346. The van der Waals surface area contributed by atoms with E-state index >= 15 is 0 Å². The molecular formula is C26H30N4O2. The second-order valence-corrected chi connectivity index (χ2v) is 8.83. The molecule has 2 amide bonds. The summed E-state index contributed by atoms with van der Waals surface area (Å²) in [5, 5.41) is 3.10. The number of aromatic nitrogens is 2. The van der Waals surface area contributed by atoms with Crippen LogP contribution in [-0.4, -0.2) is 32.3 Å². The van der Waals surface area contributed by atoms with Crippen LogP contribution in [0.25, 0.3) is 0 Å². The Morgan fingerprint density at radius 1 is 1.06 bits per heavy atom. The van der Waals surface area contributed by atoms with Crippen LogP contribution >= 0.6 is 0 Å². The Hall–Kier alpha value is -3.41. The molecule has 0 saturated heterocycles. The van der Waals surface area contributed by atoms with Gasteiger partial charge in [-0.25, -0.2) is 4.98 Å². The van der Waals surface area contributed by atoms with Gasteiger partial charge in [0.25, 0.3) is 0 Å². The van der Waals surface area contributed by atoms with E-state index in [9.17, 15) is 9.59 Å². The van der Waals surface area contributed by atoms with Gasteiger partial charge in [0.05, 0.1) is 6.33 Å². The largest absolute Gasteiger partial charge is 0.350 e. The van der Waals surface area contributed by atoms with Gasteiger partial charge in [0, 0.05) is 44.9 Å². The summed E-state index contributed by atoms with van der Waals surface area (Å²) < 4.78 is 2.00. The van der Waals surface area contributed by atoms with Gasteiger partial charge < -0.3 is 14.8 Å². The van der Waals surface area contributed by atoms with E-state index in [4.69, 9.17) is 0 Å². The number of fused-ring (bicyclic) bond motifs is 1. The zero-order valence-electron chi connectivity index (χ0n) is 18.7. The number of hydrogen-bond acceptors (Lipinski definition) is 3. The molecule has 1 unspecified atom stereocenters. The first-order valence-corrected chi connectivity index (χ1v) is 11.2. The average molecular weight is 431 g/mol. The highest BCUT2D eigenvalue weighted by Crippen LogP contribution is 2.25. The number of nitrogens with one attached hydrogen (secondary N) is 1. The molecular weight excluding hydrogens is 400 g/mol. The minimum absolute atomic E-state index is 0.0372. The van der Waals surface area contributed by atoms with E-state index in [2.05, 4.69) is 22.4 Å². The molecule has 4 rings (SSSR count). The van der Waals surface area contributed by atoms with Gasteiger partial charge in [-0.3, -0.25) is 9.59 Å². The number of nitrogens with zero attached hydrogens (tertiary/aromatic N) is 3. The Kier molecular flexibility index (Phi) is 6.69. The lowest BCUT2D eigenvalue weighted by Gasteiger charge is -2.36. The van der Waals surface area contributed by atoms with Gasteiger partial charge in [-0.1, -0.05) is 62.4 Å². The van der Waals surface area contributed by atoms with Gasteiger partial charge in [-0.15, -0.1) is 0 Å². The fourth-order valence-corrected chi connectivity index (χ4v) is 4.25. The third kappa shape index (κ3) is 5.07. The zero-order valence-corrected chi connectivity index (χ0v) is 18.7. The molecule has 166 valence electrons. The Morgan fingerprint density at radius 3 is 2.50 bits per heavy atom. The van der Waals surface area contributed by atoms with Crippen LogP contribution in [0.3, 0.4) is 0 Å². The molecule has 0 saturated carbocycles. The lowest BCUT2D eigenvalue weighted by molar-refractivity contribution is -0.142. The second kappa shape index (κ2) is 9.81. The van der Waals surface area contributed by atoms with E-state index in [0.29, 0.717) is 32.5 Å². The molecule has 3 aromatic rings. The number of hydrogen-bond donors (Lipinski definition) is 1. The van der Waals surface area contributed by atoms with Crippen LogP contribution in [0.4, 0.5) is 0 Å². The van der Waals surface area contributed by atoms with Crippen LogP contribution in [0.2, 0.25) is 0 Å². The maximum atomic E-state index is 13.3. The Labute approximate surface area is 189 Å². The van der Waals surface area contributed by atoms with Crippen molar-refractivity contribution in [3.63, 3.8) is 0 Å². The highest BCUT2D eigenvalue weighted by Gasteiger charge is 2.34. The molecule has 1 N–H and O–H groups in total. The minimum atomic E-state index is -0.489. The van der Waals surface area contributed by atoms with E-state index in [1.54, 1.807) is 17.4 Å². The summed E-state index contributed by atoms with van der Waals surface area (Å²) in [6.45, 7) is 5.66. The van der Waals surface area contributed by atoms with Crippen LogP contribution in [0.5, 0.6) is 0 Å². The van der Waals surface area contributed by atoms with E-state index in [-0.39, 0.29) is 17.7 Å². The van der Waals surface area contributed by atoms with Crippen LogP contribution in [-0.2, 0) is 35.6 Å². The van der Waals surface area contributed by atoms with Crippen LogP contribution in [0, 0.1) is 5.92 Å². The third-order valence-corrected chi connectivity index (χ3v) is 5.94. The van der Waals surface area contributed by atoms with E-state index in [1.165, 1.54) is 0 Å². The molecule has 32 heavy (non-hydrogen) atoms.